The number of nitrogens with zero attached hydrogens (tertiary/aromatic N) is 1. The summed E-state index contributed by atoms with van der Waals surface area (Å²) in [4.78, 5) is 13.8. The predicted molar refractivity (Wildman–Crippen MR) is 119 cm³/mol. The fraction of sp³-hybridized carbons (Fsp3) is 0.423. The minimum Gasteiger partial charge on any atom is -0.465 e. The van der Waals surface area contributed by atoms with Crippen LogP contribution in [0.1, 0.15) is 51.9 Å². The van der Waals surface area contributed by atoms with Gasteiger partial charge in [-0.05, 0) is 71.6 Å². The molecule has 2 aromatic carbocycles. The van der Waals surface area contributed by atoms with Gasteiger partial charge in [-0.3, -0.25) is 0 Å². The molecule has 0 atom stereocenters. The molecule has 2 aromatic rings. The van der Waals surface area contributed by atoms with Gasteiger partial charge in [-0.1, -0.05) is 36.4 Å². The van der Waals surface area contributed by atoms with E-state index in [4.69, 9.17) is 4.74 Å². The Kier molecular flexibility index (Phi) is 6.70. The molecule has 1 fully saturated rings. The summed E-state index contributed by atoms with van der Waals surface area (Å²) in [6.07, 6.45) is 1.29. The summed E-state index contributed by atoms with van der Waals surface area (Å²) in [5.41, 5.74) is 6.43. The molecule has 170 valence electrons. The van der Waals surface area contributed by atoms with Crippen molar-refractivity contribution in [3.8, 4) is 0 Å². The van der Waals surface area contributed by atoms with Crippen LogP contribution in [0.2, 0.25) is 0 Å². The molecule has 3 nitrogen and oxygen atoms in total. The van der Waals surface area contributed by atoms with Gasteiger partial charge in [0.1, 0.15) is 0 Å². The average Bonchev–Trinajstić information content (AvgIpc) is 2.96. The number of likely N-dealkylation sites (tertiary alicyclic amines) is 1. The molecule has 2 aliphatic rings. The highest BCUT2D eigenvalue weighted by atomic mass is 19.4. The average molecular weight is 444 g/mol. The van der Waals surface area contributed by atoms with Crippen LogP contribution in [0, 0.1) is 5.92 Å². The first kappa shape index (κ1) is 22.6. The first-order valence-corrected chi connectivity index (χ1v) is 11.1. The Morgan fingerprint density at radius 2 is 1.88 bits per heavy atom. The monoisotopic (exact) mass is 443 g/mol. The van der Waals surface area contributed by atoms with E-state index in [2.05, 4.69) is 30.3 Å². The summed E-state index contributed by atoms with van der Waals surface area (Å²) in [6.45, 7) is 1.57. The SMILES string of the molecule is COC(=O)c1ccc2c(c1)CCCC=C2c1ccc(CC2CN(CCC(F)(F)F)C2)cc1. The molecule has 0 amide bonds. The van der Waals surface area contributed by atoms with Crippen LogP contribution in [0.5, 0.6) is 0 Å². The maximum Gasteiger partial charge on any atom is 0.390 e. The zero-order chi connectivity index (χ0) is 22.7. The maximum absolute atomic E-state index is 12.3. The molecule has 1 aliphatic heterocycles. The first-order chi connectivity index (χ1) is 15.3. The lowest BCUT2D eigenvalue weighted by Crippen LogP contribution is -2.48. The number of ether oxygens (including phenoxy) is 1. The van der Waals surface area contributed by atoms with Crippen molar-refractivity contribution in [1.29, 1.82) is 0 Å². The van der Waals surface area contributed by atoms with Crippen LogP contribution in [0.25, 0.3) is 5.57 Å². The summed E-state index contributed by atoms with van der Waals surface area (Å²) >= 11 is 0. The molecule has 0 aromatic heterocycles. The second-order valence-electron chi connectivity index (χ2n) is 8.77. The Labute approximate surface area is 186 Å². The Morgan fingerprint density at radius 1 is 1.12 bits per heavy atom. The largest absolute Gasteiger partial charge is 0.465 e. The lowest BCUT2D eigenvalue weighted by molar-refractivity contribution is -0.141. The number of hydrogen-bond donors (Lipinski definition) is 0. The van der Waals surface area contributed by atoms with E-state index in [1.807, 2.05) is 23.1 Å². The van der Waals surface area contributed by atoms with Gasteiger partial charge in [0.25, 0.3) is 0 Å². The number of esters is 1. The maximum atomic E-state index is 12.3. The fourth-order valence-electron chi connectivity index (χ4n) is 4.66. The molecular formula is C26H28F3NO2. The fourth-order valence-corrected chi connectivity index (χ4v) is 4.66. The Balaban J connectivity index is 1.40. The third-order valence-corrected chi connectivity index (χ3v) is 6.35. The van der Waals surface area contributed by atoms with Crippen LogP contribution in [-0.4, -0.2) is 43.8 Å². The van der Waals surface area contributed by atoms with Crippen molar-refractivity contribution in [2.45, 2.75) is 38.3 Å². The third-order valence-electron chi connectivity index (χ3n) is 6.35. The number of rotatable bonds is 6. The number of alkyl halides is 3. The molecule has 6 heteroatoms. The lowest BCUT2D eigenvalue weighted by Gasteiger charge is -2.39. The number of allylic oxidation sites excluding steroid dienone is 1. The molecule has 0 unspecified atom stereocenters. The molecule has 32 heavy (non-hydrogen) atoms. The summed E-state index contributed by atoms with van der Waals surface area (Å²) in [5.74, 6) is 0.101. The van der Waals surface area contributed by atoms with E-state index in [-0.39, 0.29) is 12.5 Å². The van der Waals surface area contributed by atoms with Crippen LogP contribution in [0.4, 0.5) is 13.2 Å². The summed E-state index contributed by atoms with van der Waals surface area (Å²) in [6, 6.07) is 14.3. The first-order valence-electron chi connectivity index (χ1n) is 11.1. The van der Waals surface area contributed by atoms with Crippen molar-refractivity contribution in [2.24, 2.45) is 5.92 Å². The van der Waals surface area contributed by atoms with Gasteiger partial charge in [-0.2, -0.15) is 13.2 Å². The number of halogens is 3. The zero-order valence-electron chi connectivity index (χ0n) is 18.3. The molecule has 0 bridgehead atoms. The van der Waals surface area contributed by atoms with Crippen LogP contribution < -0.4 is 0 Å². The van der Waals surface area contributed by atoms with Crippen LogP contribution >= 0.6 is 0 Å². The Morgan fingerprint density at radius 3 is 2.56 bits per heavy atom. The van der Waals surface area contributed by atoms with E-state index in [0.717, 1.165) is 55.5 Å². The number of methoxy groups -OCH3 is 1. The van der Waals surface area contributed by atoms with Crippen LogP contribution in [-0.2, 0) is 17.6 Å². The van der Waals surface area contributed by atoms with Gasteiger partial charge in [0.05, 0.1) is 19.1 Å². The zero-order valence-corrected chi connectivity index (χ0v) is 18.3. The van der Waals surface area contributed by atoms with Gasteiger partial charge in [0.15, 0.2) is 0 Å². The Hall–Kier alpha value is -2.60. The lowest BCUT2D eigenvalue weighted by atomic mass is 9.89. The second-order valence-corrected chi connectivity index (χ2v) is 8.77. The van der Waals surface area contributed by atoms with E-state index < -0.39 is 12.6 Å². The van der Waals surface area contributed by atoms with Crippen molar-refractivity contribution >= 4 is 11.5 Å². The molecule has 1 aliphatic carbocycles. The molecule has 0 spiro atoms. The molecule has 0 saturated carbocycles. The molecule has 0 N–H and O–H groups in total. The standard InChI is InChI=1S/C26H28F3NO2/c1-32-25(31)22-10-11-24-21(15-22)4-2-3-5-23(24)20-8-6-18(7-9-20)14-19-16-30(17-19)13-12-26(27,28)29/h5-11,15,19H,2-4,12-14,16-17H2,1H3. The quantitative estimate of drug-likeness (QED) is 0.539. The minimum absolute atomic E-state index is 0.101. The summed E-state index contributed by atoms with van der Waals surface area (Å²) < 4.78 is 41.9. The number of carbonyl (C=O) groups is 1. The number of benzene rings is 2. The number of aryl methyl sites for hydroxylation is 1. The normalized spacial score (nSPS) is 17.2. The van der Waals surface area contributed by atoms with Crippen molar-refractivity contribution in [3.05, 3.63) is 76.4 Å². The van der Waals surface area contributed by atoms with E-state index in [1.165, 1.54) is 18.2 Å². The van der Waals surface area contributed by atoms with Crippen molar-refractivity contribution in [2.75, 3.05) is 26.7 Å². The van der Waals surface area contributed by atoms with Crippen LogP contribution in [0.15, 0.2) is 48.5 Å². The van der Waals surface area contributed by atoms with Gasteiger partial charge < -0.3 is 9.64 Å². The third kappa shape index (κ3) is 5.41. The van der Waals surface area contributed by atoms with Crippen molar-refractivity contribution < 1.29 is 22.7 Å². The van der Waals surface area contributed by atoms with E-state index >= 15 is 0 Å². The van der Waals surface area contributed by atoms with Crippen molar-refractivity contribution in [3.63, 3.8) is 0 Å². The van der Waals surface area contributed by atoms with E-state index in [9.17, 15) is 18.0 Å². The highest BCUT2D eigenvalue weighted by Gasteiger charge is 2.32. The Bertz CT molecular complexity index is 989. The van der Waals surface area contributed by atoms with Gasteiger partial charge >= 0.3 is 12.1 Å². The van der Waals surface area contributed by atoms with Crippen molar-refractivity contribution in [1.82, 2.24) is 4.90 Å². The smallest absolute Gasteiger partial charge is 0.390 e. The number of hydrogen-bond acceptors (Lipinski definition) is 3. The molecule has 4 rings (SSSR count). The summed E-state index contributed by atoms with van der Waals surface area (Å²) in [5, 5.41) is 0. The molecule has 0 radical (unpaired) electrons. The molecule has 1 saturated heterocycles. The minimum atomic E-state index is -4.08. The van der Waals surface area contributed by atoms with Gasteiger partial charge in [0.2, 0.25) is 0 Å². The second kappa shape index (κ2) is 9.49. The number of fused-ring (bicyclic) bond motifs is 1. The number of carbonyl (C=O) groups excluding carboxylic acids is 1. The molecular weight excluding hydrogens is 415 g/mol. The van der Waals surface area contributed by atoms with E-state index in [1.54, 1.807) is 0 Å². The summed E-state index contributed by atoms with van der Waals surface area (Å²) in [7, 11) is 1.39. The molecule has 1 heterocycles. The van der Waals surface area contributed by atoms with Gasteiger partial charge in [0, 0.05) is 19.6 Å². The van der Waals surface area contributed by atoms with Crippen LogP contribution in [0.3, 0.4) is 0 Å². The topological polar surface area (TPSA) is 29.5 Å². The predicted octanol–water partition coefficient (Wildman–Crippen LogP) is 5.67. The van der Waals surface area contributed by atoms with Gasteiger partial charge in [-0.15, -0.1) is 0 Å². The van der Waals surface area contributed by atoms with Gasteiger partial charge in [-0.25, -0.2) is 4.79 Å². The highest BCUT2D eigenvalue weighted by Crippen LogP contribution is 2.32. The highest BCUT2D eigenvalue weighted by molar-refractivity contribution is 5.91. The van der Waals surface area contributed by atoms with E-state index in [0.29, 0.717) is 11.5 Å².